The Bertz CT molecular complexity index is 1340. The fourth-order valence-electron chi connectivity index (χ4n) is 3.70. The number of anilines is 1. The van der Waals surface area contributed by atoms with Crippen LogP contribution in [0.25, 0.3) is 0 Å². The smallest absolute Gasteiger partial charge is 0.410 e. The maximum absolute atomic E-state index is 14.7. The first-order chi connectivity index (χ1) is 17.1. The molecule has 0 radical (unpaired) electrons. The molecule has 0 aliphatic carbocycles. The van der Waals surface area contributed by atoms with Gasteiger partial charge in [-0.05, 0) is 45.4 Å². The van der Waals surface area contributed by atoms with E-state index in [1.165, 1.54) is 23.1 Å². The standard InChI is InChI=1S/C26H25ClFN5O3/c1-26(2,3)36-25(35)32-12-11-19(16-32)33-22(20(27)15-30-33)24(34)31-23-21(28)13-18(14-29-23)10-9-17-7-5-4-6-8-17/h4-8,13-15,19H,11-12,16H2,1-3H3,(H,29,31,34)/t19-/m0/s1. The summed E-state index contributed by atoms with van der Waals surface area (Å²) in [4.78, 5) is 31.0. The minimum Gasteiger partial charge on any atom is -0.444 e. The predicted octanol–water partition coefficient (Wildman–Crippen LogP) is 4.90. The van der Waals surface area contributed by atoms with Crippen LogP contribution < -0.4 is 5.32 Å². The van der Waals surface area contributed by atoms with Crippen LogP contribution in [0.4, 0.5) is 15.0 Å². The molecule has 4 rings (SSSR count). The molecule has 1 aliphatic heterocycles. The van der Waals surface area contributed by atoms with E-state index in [-0.39, 0.29) is 22.6 Å². The highest BCUT2D eigenvalue weighted by Gasteiger charge is 2.33. The molecule has 0 bridgehead atoms. The number of ether oxygens (including phenoxy) is 1. The molecule has 1 saturated heterocycles. The molecule has 36 heavy (non-hydrogen) atoms. The summed E-state index contributed by atoms with van der Waals surface area (Å²) >= 11 is 6.25. The lowest BCUT2D eigenvalue weighted by Crippen LogP contribution is -2.35. The molecule has 1 N–H and O–H groups in total. The normalized spacial score (nSPS) is 15.2. The van der Waals surface area contributed by atoms with E-state index in [0.29, 0.717) is 25.1 Å². The van der Waals surface area contributed by atoms with Gasteiger partial charge in [0.05, 0.1) is 17.3 Å². The minimum atomic E-state index is -0.734. The number of hydrogen-bond acceptors (Lipinski definition) is 5. The first kappa shape index (κ1) is 25.2. The summed E-state index contributed by atoms with van der Waals surface area (Å²) in [6.07, 6.45) is 2.84. The summed E-state index contributed by atoms with van der Waals surface area (Å²) in [5.74, 6) is 4.13. The van der Waals surface area contributed by atoms with Crippen molar-refractivity contribution in [3.05, 3.63) is 76.5 Å². The van der Waals surface area contributed by atoms with Crippen molar-refractivity contribution in [3.63, 3.8) is 0 Å². The van der Waals surface area contributed by atoms with Crippen LogP contribution in [0.3, 0.4) is 0 Å². The Labute approximate surface area is 213 Å². The zero-order valence-corrected chi connectivity index (χ0v) is 20.8. The van der Waals surface area contributed by atoms with Gasteiger partial charge in [0.1, 0.15) is 11.3 Å². The van der Waals surface area contributed by atoms with Crippen LogP contribution in [0.1, 0.15) is 54.8 Å². The summed E-state index contributed by atoms with van der Waals surface area (Å²) in [7, 11) is 0. The summed E-state index contributed by atoms with van der Waals surface area (Å²) in [5, 5.41) is 6.80. The maximum atomic E-state index is 14.7. The second-order valence-corrected chi connectivity index (χ2v) is 9.69. The topological polar surface area (TPSA) is 89.4 Å². The quantitative estimate of drug-likeness (QED) is 0.507. The molecule has 3 aromatic rings. The van der Waals surface area contributed by atoms with Gasteiger partial charge < -0.3 is 15.0 Å². The Morgan fingerprint density at radius 3 is 2.58 bits per heavy atom. The fourth-order valence-corrected chi connectivity index (χ4v) is 3.91. The number of carbonyl (C=O) groups excluding carboxylic acids is 2. The van der Waals surface area contributed by atoms with Crippen molar-refractivity contribution in [1.82, 2.24) is 19.7 Å². The van der Waals surface area contributed by atoms with Gasteiger partial charge in [-0.1, -0.05) is 41.6 Å². The molecule has 1 atom stereocenters. The van der Waals surface area contributed by atoms with Crippen LogP contribution in [-0.4, -0.2) is 50.4 Å². The lowest BCUT2D eigenvalue weighted by atomic mass is 10.2. The van der Waals surface area contributed by atoms with Crippen LogP contribution in [0, 0.1) is 17.7 Å². The average molecular weight is 510 g/mol. The largest absolute Gasteiger partial charge is 0.444 e. The lowest BCUT2D eigenvalue weighted by Gasteiger charge is -2.24. The number of rotatable bonds is 3. The highest BCUT2D eigenvalue weighted by Crippen LogP contribution is 2.28. The first-order valence-corrected chi connectivity index (χ1v) is 11.7. The molecule has 186 valence electrons. The second kappa shape index (κ2) is 10.4. The number of aromatic nitrogens is 3. The van der Waals surface area contributed by atoms with E-state index in [2.05, 4.69) is 27.2 Å². The first-order valence-electron chi connectivity index (χ1n) is 11.4. The molecule has 0 unspecified atom stereocenters. The molecule has 2 amide bonds. The van der Waals surface area contributed by atoms with E-state index in [1.807, 2.05) is 30.3 Å². The van der Waals surface area contributed by atoms with Gasteiger partial charge in [0.15, 0.2) is 11.6 Å². The van der Waals surface area contributed by atoms with Crippen LogP contribution in [0.15, 0.2) is 48.8 Å². The molecular formula is C26H25ClFN5O3. The van der Waals surface area contributed by atoms with Crippen molar-refractivity contribution in [2.24, 2.45) is 0 Å². The van der Waals surface area contributed by atoms with Crippen molar-refractivity contribution in [1.29, 1.82) is 0 Å². The van der Waals surface area contributed by atoms with Crippen molar-refractivity contribution in [2.75, 3.05) is 18.4 Å². The number of amides is 2. The molecule has 1 aromatic carbocycles. The monoisotopic (exact) mass is 509 g/mol. The number of hydrogen-bond donors (Lipinski definition) is 1. The van der Waals surface area contributed by atoms with Crippen LogP contribution in [0.5, 0.6) is 0 Å². The Kier molecular flexibility index (Phi) is 7.27. The van der Waals surface area contributed by atoms with Gasteiger partial charge in [0.2, 0.25) is 0 Å². The van der Waals surface area contributed by atoms with Gasteiger partial charge in [0.25, 0.3) is 5.91 Å². The lowest BCUT2D eigenvalue weighted by molar-refractivity contribution is 0.0288. The molecule has 1 fully saturated rings. The van der Waals surface area contributed by atoms with Crippen LogP contribution >= 0.6 is 11.6 Å². The molecule has 0 saturated carbocycles. The van der Waals surface area contributed by atoms with Gasteiger partial charge in [0, 0.05) is 30.4 Å². The van der Waals surface area contributed by atoms with E-state index in [9.17, 15) is 14.0 Å². The number of likely N-dealkylation sites (tertiary alicyclic amines) is 1. The van der Waals surface area contributed by atoms with Crippen LogP contribution in [-0.2, 0) is 4.74 Å². The van der Waals surface area contributed by atoms with Crippen molar-refractivity contribution in [3.8, 4) is 11.8 Å². The number of pyridine rings is 1. The third-order valence-electron chi connectivity index (χ3n) is 5.32. The third kappa shape index (κ3) is 6.01. The number of carbonyl (C=O) groups is 2. The predicted molar refractivity (Wildman–Crippen MR) is 133 cm³/mol. The van der Waals surface area contributed by atoms with E-state index in [0.717, 1.165) is 5.56 Å². The zero-order chi connectivity index (χ0) is 25.9. The van der Waals surface area contributed by atoms with E-state index < -0.39 is 23.4 Å². The molecule has 10 heteroatoms. The Morgan fingerprint density at radius 2 is 1.89 bits per heavy atom. The number of benzene rings is 1. The highest BCUT2D eigenvalue weighted by molar-refractivity contribution is 6.34. The molecule has 8 nitrogen and oxygen atoms in total. The van der Waals surface area contributed by atoms with E-state index >= 15 is 0 Å². The van der Waals surface area contributed by atoms with E-state index in [4.69, 9.17) is 16.3 Å². The third-order valence-corrected chi connectivity index (χ3v) is 5.60. The number of halogens is 2. The van der Waals surface area contributed by atoms with Gasteiger partial charge in [-0.3, -0.25) is 9.48 Å². The highest BCUT2D eigenvalue weighted by atomic mass is 35.5. The van der Waals surface area contributed by atoms with Crippen molar-refractivity contribution < 1.29 is 18.7 Å². The van der Waals surface area contributed by atoms with Gasteiger partial charge in [-0.2, -0.15) is 5.10 Å². The SMILES string of the molecule is CC(C)(C)OC(=O)N1CC[C@H](n2ncc(Cl)c2C(=O)Nc2ncc(C#Cc3ccccc3)cc2F)C1. The Hall–Kier alpha value is -3.90. The molecule has 3 heterocycles. The summed E-state index contributed by atoms with van der Waals surface area (Å²) in [6, 6.07) is 10.2. The van der Waals surface area contributed by atoms with Crippen molar-refractivity contribution in [2.45, 2.75) is 38.8 Å². The van der Waals surface area contributed by atoms with Crippen molar-refractivity contribution >= 4 is 29.4 Å². The Balaban J connectivity index is 1.47. The average Bonchev–Trinajstić information content (AvgIpc) is 3.46. The summed E-state index contributed by atoms with van der Waals surface area (Å²) in [6.45, 7) is 6.13. The number of nitrogens with one attached hydrogen (secondary N) is 1. The maximum Gasteiger partial charge on any atom is 0.410 e. The molecule has 1 aliphatic rings. The van der Waals surface area contributed by atoms with Gasteiger partial charge in [-0.25, -0.2) is 14.2 Å². The number of nitrogens with zero attached hydrogens (tertiary/aromatic N) is 4. The van der Waals surface area contributed by atoms with E-state index in [1.54, 1.807) is 25.7 Å². The van der Waals surface area contributed by atoms with Gasteiger partial charge in [-0.15, -0.1) is 0 Å². The Morgan fingerprint density at radius 1 is 1.17 bits per heavy atom. The summed E-state index contributed by atoms with van der Waals surface area (Å²) in [5.41, 5.74) is 0.595. The second-order valence-electron chi connectivity index (χ2n) is 9.28. The molecule has 0 spiro atoms. The molecule has 2 aromatic heterocycles. The van der Waals surface area contributed by atoms with Gasteiger partial charge >= 0.3 is 6.09 Å². The molecular weight excluding hydrogens is 485 g/mol. The van der Waals surface area contributed by atoms with Crippen LogP contribution in [0.2, 0.25) is 5.02 Å². The summed E-state index contributed by atoms with van der Waals surface area (Å²) < 4.78 is 21.6. The minimum absolute atomic E-state index is 0.0573. The fraction of sp³-hybridized carbons (Fsp3) is 0.308. The zero-order valence-electron chi connectivity index (χ0n) is 20.1.